The zero-order valence-electron chi connectivity index (χ0n) is 19.5. The van der Waals surface area contributed by atoms with Crippen LogP contribution in [0.3, 0.4) is 0 Å². The van der Waals surface area contributed by atoms with Crippen LogP contribution in [-0.4, -0.2) is 68.4 Å². The zero-order chi connectivity index (χ0) is 24.5. The number of anilines is 1. The predicted molar refractivity (Wildman–Crippen MR) is 125 cm³/mol. The first-order valence-electron chi connectivity index (χ1n) is 11.5. The van der Waals surface area contributed by atoms with E-state index in [0.717, 1.165) is 0 Å². The number of benzene rings is 2. The zero-order valence-corrected chi connectivity index (χ0v) is 19.5. The third-order valence-electron chi connectivity index (χ3n) is 6.60. The minimum absolute atomic E-state index is 0.0784. The number of carbonyl (C=O) groups is 3. The maximum absolute atomic E-state index is 13.4. The van der Waals surface area contributed by atoms with Gasteiger partial charge in [-0.3, -0.25) is 14.4 Å². The summed E-state index contributed by atoms with van der Waals surface area (Å²) < 4.78 is 22.7. The van der Waals surface area contributed by atoms with Gasteiger partial charge in [0.1, 0.15) is 18.5 Å². The van der Waals surface area contributed by atoms with Crippen LogP contribution in [0, 0.1) is 0 Å². The Balaban J connectivity index is 1.32. The van der Waals surface area contributed by atoms with Gasteiger partial charge in [0.05, 0.1) is 24.1 Å². The Hall–Kier alpha value is -3.79. The molecule has 0 aromatic heterocycles. The maximum atomic E-state index is 13.4. The van der Waals surface area contributed by atoms with Crippen LogP contribution in [0.1, 0.15) is 40.0 Å². The van der Waals surface area contributed by atoms with Gasteiger partial charge < -0.3 is 34.5 Å². The van der Waals surface area contributed by atoms with E-state index in [0.29, 0.717) is 46.9 Å². The van der Waals surface area contributed by atoms with Gasteiger partial charge in [-0.1, -0.05) is 0 Å². The molecule has 184 valence electrons. The summed E-state index contributed by atoms with van der Waals surface area (Å²) in [5.41, 5.74) is 1.25. The van der Waals surface area contributed by atoms with Crippen LogP contribution in [0.15, 0.2) is 36.4 Å². The summed E-state index contributed by atoms with van der Waals surface area (Å²) in [4.78, 5) is 39.6. The first kappa shape index (κ1) is 23.0. The topological polar surface area (TPSA) is 115 Å². The van der Waals surface area contributed by atoms with E-state index in [9.17, 15) is 14.4 Å². The molecule has 3 atom stereocenters. The van der Waals surface area contributed by atoms with Crippen LogP contribution >= 0.6 is 0 Å². The van der Waals surface area contributed by atoms with Gasteiger partial charge in [-0.25, -0.2) is 0 Å². The van der Waals surface area contributed by atoms with Crippen molar-refractivity contribution >= 4 is 23.4 Å². The lowest BCUT2D eigenvalue weighted by atomic mass is 9.94. The normalized spacial score (nSPS) is 22.7. The number of nitrogens with zero attached hydrogens (tertiary/aromatic N) is 1. The second kappa shape index (κ2) is 9.46. The second-order valence-electron chi connectivity index (χ2n) is 8.78. The summed E-state index contributed by atoms with van der Waals surface area (Å²) in [6, 6.07) is 9.76. The largest absolute Gasteiger partial charge is 0.490 e. The van der Waals surface area contributed by atoms with E-state index in [-0.39, 0.29) is 55.8 Å². The number of hydrogen-bond acceptors (Lipinski definition) is 7. The number of hydrogen-bond donors (Lipinski definition) is 2. The summed E-state index contributed by atoms with van der Waals surface area (Å²) in [5.74, 6) is 0.894. The Kier molecular flexibility index (Phi) is 6.21. The summed E-state index contributed by atoms with van der Waals surface area (Å²) in [5, 5.41) is 5.45. The molecule has 3 aliphatic rings. The number of amides is 3. The van der Waals surface area contributed by atoms with Crippen molar-refractivity contribution in [3.63, 3.8) is 0 Å². The Morgan fingerprint density at radius 1 is 1.03 bits per heavy atom. The number of rotatable bonds is 4. The van der Waals surface area contributed by atoms with Crippen molar-refractivity contribution in [3.8, 4) is 17.2 Å². The van der Waals surface area contributed by atoms with Gasteiger partial charge in [0.25, 0.3) is 11.8 Å². The molecule has 5 rings (SSSR count). The van der Waals surface area contributed by atoms with Crippen LogP contribution in [0.2, 0.25) is 0 Å². The van der Waals surface area contributed by atoms with Crippen molar-refractivity contribution < 1.29 is 33.3 Å². The first-order chi connectivity index (χ1) is 16.9. The first-order valence-corrected chi connectivity index (χ1v) is 11.5. The van der Waals surface area contributed by atoms with Crippen LogP contribution in [-0.2, 0) is 9.53 Å². The lowest BCUT2D eigenvalue weighted by Crippen LogP contribution is -2.53. The van der Waals surface area contributed by atoms with Gasteiger partial charge in [0, 0.05) is 25.3 Å². The summed E-state index contributed by atoms with van der Waals surface area (Å²) in [6.45, 7) is 0.380. The van der Waals surface area contributed by atoms with E-state index >= 15 is 0 Å². The van der Waals surface area contributed by atoms with Crippen molar-refractivity contribution in [2.24, 2.45) is 0 Å². The lowest BCUT2D eigenvalue weighted by Gasteiger charge is -2.42. The number of fused-ring (bicyclic) bond motifs is 3. The fourth-order valence-corrected chi connectivity index (χ4v) is 4.66. The molecule has 0 spiro atoms. The average molecular weight is 482 g/mol. The van der Waals surface area contributed by atoms with Crippen molar-refractivity contribution in [1.82, 2.24) is 10.2 Å². The second-order valence-corrected chi connectivity index (χ2v) is 8.78. The van der Waals surface area contributed by atoms with Crippen molar-refractivity contribution in [2.45, 2.75) is 37.5 Å². The molecule has 1 fully saturated rings. The highest BCUT2D eigenvalue weighted by Gasteiger charge is 2.39. The SMILES string of the molecule is CNC(=O)C[C@@H]1CC[C@@H]2[C@H](COc3ccc(NC(=O)c4ccc5c(c4)OCO5)cc3C(=O)N2C)O1. The highest BCUT2D eigenvalue weighted by Crippen LogP contribution is 2.34. The molecule has 0 aliphatic carbocycles. The Morgan fingerprint density at radius 2 is 1.83 bits per heavy atom. The third kappa shape index (κ3) is 4.61. The van der Waals surface area contributed by atoms with Crippen LogP contribution in [0.5, 0.6) is 17.2 Å². The minimum Gasteiger partial charge on any atom is -0.490 e. The van der Waals surface area contributed by atoms with Gasteiger partial charge in [-0.05, 0) is 49.2 Å². The Labute approximate surface area is 202 Å². The van der Waals surface area contributed by atoms with E-state index < -0.39 is 0 Å². The number of ether oxygens (including phenoxy) is 4. The lowest BCUT2D eigenvalue weighted by molar-refractivity contribution is -0.133. The van der Waals surface area contributed by atoms with Crippen molar-refractivity contribution in [3.05, 3.63) is 47.5 Å². The van der Waals surface area contributed by atoms with Gasteiger partial charge in [-0.15, -0.1) is 0 Å². The van der Waals surface area contributed by atoms with Crippen molar-refractivity contribution in [2.75, 3.05) is 32.8 Å². The molecule has 2 N–H and O–H groups in total. The Morgan fingerprint density at radius 3 is 2.66 bits per heavy atom. The molecular formula is C25H27N3O7. The van der Waals surface area contributed by atoms with Crippen LogP contribution in [0.4, 0.5) is 5.69 Å². The molecule has 0 radical (unpaired) electrons. The van der Waals surface area contributed by atoms with Crippen LogP contribution in [0.25, 0.3) is 0 Å². The molecular weight excluding hydrogens is 454 g/mol. The molecule has 1 saturated heterocycles. The maximum Gasteiger partial charge on any atom is 0.257 e. The molecule has 0 unspecified atom stereocenters. The van der Waals surface area contributed by atoms with E-state index in [1.807, 2.05) is 0 Å². The van der Waals surface area contributed by atoms with Gasteiger partial charge in [0.2, 0.25) is 12.7 Å². The standard InChI is InChI=1S/C25H27N3O7/c1-26-23(29)11-16-5-6-18-22(35-16)12-32-19-8-4-15(10-17(19)25(31)28(18)2)27-24(30)14-3-7-20-21(9-14)34-13-33-20/h3-4,7-10,16,18,22H,5-6,11-13H2,1-2H3,(H,26,29)(H,27,30)/t16-,18+,22-/m0/s1. The average Bonchev–Trinajstić information content (AvgIpc) is 3.34. The fourth-order valence-electron chi connectivity index (χ4n) is 4.66. The van der Waals surface area contributed by atoms with Crippen LogP contribution < -0.4 is 24.8 Å². The molecule has 3 heterocycles. The fraction of sp³-hybridized carbons (Fsp3) is 0.400. The number of nitrogens with one attached hydrogen (secondary N) is 2. The smallest absolute Gasteiger partial charge is 0.257 e. The molecule has 2 aromatic carbocycles. The van der Waals surface area contributed by atoms with Crippen molar-refractivity contribution in [1.29, 1.82) is 0 Å². The Bertz CT molecular complexity index is 1170. The summed E-state index contributed by atoms with van der Waals surface area (Å²) in [7, 11) is 3.34. The number of carbonyl (C=O) groups excluding carboxylic acids is 3. The third-order valence-corrected chi connectivity index (χ3v) is 6.60. The predicted octanol–water partition coefficient (Wildman–Crippen LogP) is 2.18. The highest BCUT2D eigenvalue weighted by molar-refractivity contribution is 6.06. The quantitative estimate of drug-likeness (QED) is 0.688. The number of likely N-dealkylation sites (N-methyl/N-ethyl adjacent to an activating group) is 1. The molecule has 10 heteroatoms. The molecule has 0 bridgehead atoms. The minimum atomic E-state index is -0.342. The van der Waals surface area contributed by atoms with Gasteiger partial charge in [0.15, 0.2) is 11.5 Å². The van der Waals surface area contributed by atoms with E-state index in [4.69, 9.17) is 18.9 Å². The van der Waals surface area contributed by atoms with Gasteiger partial charge >= 0.3 is 0 Å². The van der Waals surface area contributed by atoms with E-state index in [1.54, 1.807) is 55.4 Å². The molecule has 35 heavy (non-hydrogen) atoms. The van der Waals surface area contributed by atoms with E-state index in [1.165, 1.54) is 0 Å². The highest BCUT2D eigenvalue weighted by atomic mass is 16.7. The molecule has 2 aromatic rings. The summed E-state index contributed by atoms with van der Waals surface area (Å²) in [6.07, 6.45) is 1.10. The molecule has 0 saturated carbocycles. The molecule has 3 amide bonds. The monoisotopic (exact) mass is 481 g/mol. The van der Waals surface area contributed by atoms with E-state index in [2.05, 4.69) is 10.6 Å². The summed E-state index contributed by atoms with van der Waals surface area (Å²) >= 11 is 0. The molecule has 10 nitrogen and oxygen atoms in total. The molecule has 3 aliphatic heterocycles. The van der Waals surface area contributed by atoms with Gasteiger partial charge in [-0.2, -0.15) is 0 Å².